The van der Waals surface area contributed by atoms with Gasteiger partial charge in [0, 0.05) is 5.56 Å². The van der Waals surface area contributed by atoms with Gasteiger partial charge in [-0.05, 0) is 56.2 Å². The van der Waals surface area contributed by atoms with Gasteiger partial charge in [-0.15, -0.1) is 6.42 Å². The van der Waals surface area contributed by atoms with Crippen molar-refractivity contribution in [1.82, 2.24) is 0 Å². The smallest absolute Gasteiger partial charge is 0.417 e. The van der Waals surface area contributed by atoms with Crippen molar-refractivity contribution < 1.29 is 22.7 Å². The molecule has 0 N–H and O–H groups in total. The number of carbonyl (C=O) groups excluding carboxylic acids is 1. The van der Waals surface area contributed by atoms with Crippen LogP contribution in [-0.2, 0) is 10.9 Å². The van der Waals surface area contributed by atoms with Gasteiger partial charge in [-0.25, -0.2) is 4.79 Å². The molecule has 0 heterocycles. The highest BCUT2D eigenvalue weighted by Crippen LogP contribution is 2.34. The summed E-state index contributed by atoms with van der Waals surface area (Å²) in [6, 6.07) is 9.98. The molecule has 0 aliphatic carbocycles. The molecule has 130 valence electrons. The van der Waals surface area contributed by atoms with Crippen LogP contribution in [0.3, 0.4) is 0 Å². The summed E-state index contributed by atoms with van der Waals surface area (Å²) in [4.78, 5) is 12.0. The summed E-state index contributed by atoms with van der Waals surface area (Å²) in [7, 11) is 0. The number of halogens is 3. The lowest BCUT2D eigenvalue weighted by atomic mass is 9.98. The summed E-state index contributed by atoms with van der Waals surface area (Å²) in [5.41, 5.74) is -0.452. The SMILES string of the molecule is C#Cc1ccc(-c2ccc(C(=O)OC(C)(C)C)cc2)cc1C(F)(F)F. The molecule has 0 unspecified atom stereocenters. The average molecular weight is 346 g/mol. The van der Waals surface area contributed by atoms with Crippen molar-refractivity contribution in [3.8, 4) is 23.5 Å². The Kier molecular flexibility index (Phi) is 4.94. The predicted molar refractivity (Wildman–Crippen MR) is 90.0 cm³/mol. The minimum atomic E-state index is -4.53. The van der Waals surface area contributed by atoms with E-state index < -0.39 is 23.3 Å². The molecule has 2 nitrogen and oxygen atoms in total. The molecule has 0 bridgehead atoms. The van der Waals surface area contributed by atoms with Crippen LogP contribution in [0, 0.1) is 12.3 Å². The van der Waals surface area contributed by atoms with Crippen LogP contribution in [0.15, 0.2) is 42.5 Å². The topological polar surface area (TPSA) is 26.3 Å². The zero-order valence-corrected chi connectivity index (χ0v) is 14.1. The van der Waals surface area contributed by atoms with Gasteiger partial charge < -0.3 is 4.74 Å². The number of rotatable bonds is 2. The van der Waals surface area contributed by atoms with Gasteiger partial charge in [0.25, 0.3) is 0 Å². The fraction of sp³-hybridized carbons (Fsp3) is 0.250. The fourth-order valence-corrected chi connectivity index (χ4v) is 2.22. The number of benzene rings is 2. The van der Waals surface area contributed by atoms with Crippen molar-refractivity contribution in [1.29, 1.82) is 0 Å². The number of carbonyl (C=O) groups is 1. The summed E-state index contributed by atoms with van der Waals surface area (Å²) < 4.78 is 44.6. The molecule has 0 radical (unpaired) electrons. The van der Waals surface area contributed by atoms with Gasteiger partial charge in [-0.1, -0.05) is 24.1 Å². The number of esters is 1. The van der Waals surface area contributed by atoms with E-state index in [4.69, 9.17) is 11.2 Å². The highest BCUT2D eigenvalue weighted by molar-refractivity contribution is 5.90. The van der Waals surface area contributed by atoms with Gasteiger partial charge in [-0.3, -0.25) is 0 Å². The first-order chi connectivity index (χ1) is 11.5. The highest BCUT2D eigenvalue weighted by atomic mass is 19.4. The van der Waals surface area contributed by atoms with E-state index in [-0.39, 0.29) is 5.56 Å². The second-order valence-corrected chi connectivity index (χ2v) is 6.48. The Morgan fingerprint density at radius 3 is 2.04 bits per heavy atom. The van der Waals surface area contributed by atoms with E-state index in [1.165, 1.54) is 24.3 Å². The van der Waals surface area contributed by atoms with Crippen molar-refractivity contribution in [2.45, 2.75) is 32.5 Å². The Morgan fingerprint density at radius 2 is 1.56 bits per heavy atom. The molecule has 0 fully saturated rings. The standard InChI is InChI=1S/C20H17F3O2/c1-5-13-6-11-16(12-17(13)20(21,22)23)14-7-9-15(10-8-14)18(24)25-19(2,3)4/h1,6-12H,2-4H3. The molecule has 2 rings (SSSR count). The van der Waals surface area contributed by atoms with Gasteiger partial charge >= 0.3 is 12.1 Å². The number of terminal acetylenes is 1. The van der Waals surface area contributed by atoms with Crippen LogP contribution in [0.1, 0.15) is 42.3 Å². The quantitative estimate of drug-likeness (QED) is 0.544. The number of hydrogen-bond donors (Lipinski definition) is 0. The van der Waals surface area contributed by atoms with Crippen LogP contribution in [0.4, 0.5) is 13.2 Å². The third kappa shape index (κ3) is 4.63. The Balaban J connectivity index is 2.35. The summed E-state index contributed by atoms with van der Waals surface area (Å²) in [6.45, 7) is 5.26. The maximum absolute atomic E-state index is 13.1. The first-order valence-electron chi connectivity index (χ1n) is 7.53. The first-order valence-corrected chi connectivity index (χ1v) is 7.53. The average Bonchev–Trinajstić information content (AvgIpc) is 2.52. The van der Waals surface area contributed by atoms with Crippen LogP contribution < -0.4 is 0 Å². The van der Waals surface area contributed by atoms with Crippen LogP contribution in [0.25, 0.3) is 11.1 Å². The number of hydrogen-bond acceptors (Lipinski definition) is 2. The number of alkyl halides is 3. The lowest BCUT2D eigenvalue weighted by molar-refractivity contribution is -0.137. The molecule has 0 saturated carbocycles. The molecule has 0 amide bonds. The van der Waals surface area contributed by atoms with Crippen molar-refractivity contribution in [3.63, 3.8) is 0 Å². The van der Waals surface area contributed by atoms with Crippen LogP contribution in [0.2, 0.25) is 0 Å². The van der Waals surface area contributed by atoms with Crippen LogP contribution in [-0.4, -0.2) is 11.6 Å². The zero-order valence-electron chi connectivity index (χ0n) is 14.1. The van der Waals surface area contributed by atoms with Crippen LogP contribution in [0.5, 0.6) is 0 Å². The Hall–Kier alpha value is -2.74. The van der Waals surface area contributed by atoms with Crippen LogP contribution >= 0.6 is 0 Å². The fourth-order valence-electron chi connectivity index (χ4n) is 2.22. The molecular weight excluding hydrogens is 329 g/mol. The molecule has 0 aliphatic heterocycles. The van der Waals surface area contributed by atoms with Gasteiger partial charge in [0.2, 0.25) is 0 Å². The molecule has 25 heavy (non-hydrogen) atoms. The monoisotopic (exact) mass is 346 g/mol. The van der Waals surface area contributed by atoms with Crippen molar-refractivity contribution in [2.24, 2.45) is 0 Å². The molecule has 0 aromatic heterocycles. The van der Waals surface area contributed by atoms with Crippen molar-refractivity contribution >= 4 is 5.97 Å². The molecule has 2 aromatic rings. The highest BCUT2D eigenvalue weighted by Gasteiger charge is 2.33. The van der Waals surface area contributed by atoms with E-state index in [1.54, 1.807) is 32.9 Å². The summed E-state index contributed by atoms with van der Waals surface area (Å²) in [5.74, 6) is 1.56. The predicted octanol–water partition coefficient (Wildman–Crippen LogP) is 5.31. The van der Waals surface area contributed by atoms with E-state index in [0.717, 1.165) is 6.07 Å². The minimum absolute atomic E-state index is 0.207. The molecule has 2 aromatic carbocycles. The molecule has 0 saturated heterocycles. The molecule has 0 spiro atoms. The minimum Gasteiger partial charge on any atom is -0.456 e. The molecule has 5 heteroatoms. The normalized spacial score (nSPS) is 11.7. The van der Waals surface area contributed by atoms with Gasteiger partial charge in [-0.2, -0.15) is 13.2 Å². The van der Waals surface area contributed by atoms with Gasteiger partial charge in [0.05, 0.1) is 11.1 Å². The van der Waals surface area contributed by atoms with Gasteiger partial charge in [0.1, 0.15) is 5.60 Å². The lowest BCUT2D eigenvalue weighted by Crippen LogP contribution is -2.23. The molecular formula is C20H17F3O2. The summed E-state index contributed by atoms with van der Waals surface area (Å²) >= 11 is 0. The second-order valence-electron chi connectivity index (χ2n) is 6.48. The van der Waals surface area contributed by atoms with Crippen molar-refractivity contribution in [3.05, 3.63) is 59.2 Å². The summed E-state index contributed by atoms with van der Waals surface area (Å²) in [6.07, 6.45) is 0.605. The van der Waals surface area contributed by atoms with E-state index in [2.05, 4.69) is 0 Å². The molecule has 0 aliphatic rings. The van der Waals surface area contributed by atoms with Gasteiger partial charge in [0.15, 0.2) is 0 Å². The van der Waals surface area contributed by atoms with Crippen molar-refractivity contribution in [2.75, 3.05) is 0 Å². The number of ether oxygens (including phenoxy) is 1. The van der Waals surface area contributed by atoms with E-state index >= 15 is 0 Å². The largest absolute Gasteiger partial charge is 0.456 e. The Bertz CT molecular complexity index is 820. The summed E-state index contributed by atoms with van der Waals surface area (Å²) in [5, 5.41) is 0. The first kappa shape index (κ1) is 18.6. The third-order valence-corrected chi connectivity index (χ3v) is 3.33. The Morgan fingerprint density at radius 1 is 1.00 bits per heavy atom. The van der Waals surface area contributed by atoms with E-state index in [1.807, 2.05) is 5.92 Å². The zero-order chi connectivity index (χ0) is 18.8. The second kappa shape index (κ2) is 6.64. The lowest BCUT2D eigenvalue weighted by Gasteiger charge is -2.19. The Labute approximate surface area is 144 Å². The molecule has 0 atom stereocenters. The van der Waals surface area contributed by atoms with E-state index in [0.29, 0.717) is 16.7 Å². The maximum atomic E-state index is 13.1. The maximum Gasteiger partial charge on any atom is 0.417 e. The van der Waals surface area contributed by atoms with E-state index in [9.17, 15) is 18.0 Å². The third-order valence-electron chi connectivity index (χ3n) is 3.33.